The fourth-order valence-electron chi connectivity index (χ4n) is 4.11. The highest BCUT2D eigenvalue weighted by molar-refractivity contribution is 5.66. The van der Waals surface area contributed by atoms with E-state index in [-0.39, 0.29) is 0 Å². The van der Waals surface area contributed by atoms with Crippen LogP contribution in [0.3, 0.4) is 0 Å². The van der Waals surface area contributed by atoms with Crippen LogP contribution in [0.15, 0.2) is 73.1 Å². The van der Waals surface area contributed by atoms with E-state index in [2.05, 4.69) is 58.4 Å². The summed E-state index contributed by atoms with van der Waals surface area (Å²) in [4.78, 5) is 6.59. The van der Waals surface area contributed by atoms with Crippen molar-refractivity contribution in [3.63, 3.8) is 0 Å². The summed E-state index contributed by atoms with van der Waals surface area (Å²) in [5.41, 5.74) is 3.58. The second-order valence-electron chi connectivity index (χ2n) is 7.81. The molecule has 1 aliphatic rings. The van der Waals surface area contributed by atoms with E-state index in [1.54, 1.807) is 7.11 Å². The molecule has 30 heavy (non-hydrogen) atoms. The number of ether oxygens (including phenoxy) is 2. The third kappa shape index (κ3) is 5.12. The van der Waals surface area contributed by atoms with Crippen LogP contribution in [0.4, 0.5) is 11.4 Å². The first-order chi connectivity index (χ1) is 14.8. The van der Waals surface area contributed by atoms with Crippen molar-refractivity contribution in [1.29, 1.82) is 0 Å². The number of aromatic nitrogens is 1. The predicted octanol–water partition coefficient (Wildman–Crippen LogP) is 6.18. The van der Waals surface area contributed by atoms with Crippen LogP contribution < -0.4 is 14.4 Å². The molecule has 0 N–H and O–H groups in total. The van der Waals surface area contributed by atoms with E-state index in [1.165, 1.54) is 24.1 Å². The highest BCUT2D eigenvalue weighted by Gasteiger charge is 2.20. The largest absolute Gasteiger partial charge is 0.493 e. The van der Waals surface area contributed by atoms with E-state index < -0.39 is 0 Å². The van der Waals surface area contributed by atoms with Crippen molar-refractivity contribution in [2.24, 2.45) is 0 Å². The molecule has 0 saturated heterocycles. The smallest absolute Gasteiger partial charge is 0.163 e. The molecule has 4 heteroatoms. The van der Waals surface area contributed by atoms with Crippen LogP contribution >= 0.6 is 0 Å². The standard InChI is InChI=1S/C26H30N2O2/c1-29-25-16-15-23(19-26(25)30-24-13-5-6-14-24)28(22-11-3-2-4-12-22)18-8-10-21-9-7-17-27-20-21/h2-4,7,9,11-12,15-17,19-20,24H,5-6,8,10,13-14,18H2,1H3. The molecule has 156 valence electrons. The van der Waals surface area contributed by atoms with Crippen molar-refractivity contribution in [1.82, 2.24) is 4.98 Å². The molecule has 2 aromatic carbocycles. The number of hydrogen-bond donors (Lipinski definition) is 0. The lowest BCUT2D eigenvalue weighted by atomic mass is 10.1. The molecule has 0 spiro atoms. The van der Waals surface area contributed by atoms with Crippen LogP contribution in [0.2, 0.25) is 0 Å². The Morgan fingerprint density at radius 2 is 1.77 bits per heavy atom. The van der Waals surface area contributed by atoms with Gasteiger partial charge in [0.25, 0.3) is 0 Å². The lowest BCUT2D eigenvalue weighted by molar-refractivity contribution is 0.201. The van der Waals surface area contributed by atoms with E-state index in [9.17, 15) is 0 Å². The van der Waals surface area contributed by atoms with E-state index in [1.807, 2.05) is 24.5 Å². The zero-order valence-corrected chi connectivity index (χ0v) is 17.7. The number of anilines is 2. The van der Waals surface area contributed by atoms with Crippen molar-refractivity contribution in [2.75, 3.05) is 18.6 Å². The van der Waals surface area contributed by atoms with Gasteiger partial charge in [0, 0.05) is 36.4 Å². The summed E-state index contributed by atoms with van der Waals surface area (Å²) in [6.45, 7) is 0.911. The Hall–Kier alpha value is -3.01. The monoisotopic (exact) mass is 402 g/mol. The van der Waals surface area contributed by atoms with E-state index in [0.29, 0.717) is 6.10 Å². The number of benzene rings is 2. The lowest BCUT2D eigenvalue weighted by Gasteiger charge is -2.26. The number of para-hydroxylation sites is 1. The highest BCUT2D eigenvalue weighted by Crippen LogP contribution is 2.37. The first-order valence-corrected chi connectivity index (χ1v) is 10.9. The molecule has 4 nitrogen and oxygen atoms in total. The number of aryl methyl sites for hydroxylation is 1. The summed E-state index contributed by atoms with van der Waals surface area (Å²) < 4.78 is 11.9. The predicted molar refractivity (Wildman–Crippen MR) is 122 cm³/mol. The van der Waals surface area contributed by atoms with Crippen molar-refractivity contribution in [3.8, 4) is 11.5 Å². The van der Waals surface area contributed by atoms with Crippen LogP contribution in [0.5, 0.6) is 11.5 Å². The molecule has 1 aromatic heterocycles. The second-order valence-corrected chi connectivity index (χ2v) is 7.81. The van der Waals surface area contributed by atoms with Gasteiger partial charge in [-0.1, -0.05) is 24.3 Å². The molecule has 0 unspecified atom stereocenters. The molecule has 0 atom stereocenters. The number of methoxy groups -OCH3 is 1. The van der Waals surface area contributed by atoms with Gasteiger partial charge in [0.1, 0.15) is 0 Å². The average molecular weight is 403 g/mol. The second kappa shape index (κ2) is 10.1. The summed E-state index contributed by atoms with van der Waals surface area (Å²) in [6.07, 6.45) is 10.8. The lowest BCUT2D eigenvalue weighted by Crippen LogP contribution is -2.19. The zero-order valence-electron chi connectivity index (χ0n) is 17.7. The van der Waals surface area contributed by atoms with Crippen LogP contribution in [-0.2, 0) is 6.42 Å². The van der Waals surface area contributed by atoms with Gasteiger partial charge in [-0.25, -0.2) is 0 Å². The summed E-state index contributed by atoms with van der Waals surface area (Å²) in [6, 6.07) is 21.0. The fraction of sp³-hybridized carbons (Fsp3) is 0.346. The summed E-state index contributed by atoms with van der Waals surface area (Å²) >= 11 is 0. The fourth-order valence-corrected chi connectivity index (χ4v) is 4.11. The van der Waals surface area contributed by atoms with Gasteiger partial charge in [0.05, 0.1) is 13.2 Å². The van der Waals surface area contributed by atoms with Gasteiger partial charge in [-0.2, -0.15) is 0 Å². The van der Waals surface area contributed by atoms with Crippen molar-refractivity contribution < 1.29 is 9.47 Å². The highest BCUT2D eigenvalue weighted by atomic mass is 16.5. The minimum atomic E-state index is 0.296. The Bertz CT molecular complexity index is 909. The van der Waals surface area contributed by atoms with Gasteiger partial charge >= 0.3 is 0 Å². The van der Waals surface area contributed by atoms with Gasteiger partial charge in [-0.15, -0.1) is 0 Å². The number of nitrogens with zero attached hydrogens (tertiary/aromatic N) is 2. The first-order valence-electron chi connectivity index (χ1n) is 10.9. The van der Waals surface area contributed by atoms with Gasteiger partial charge in [0.15, 0.2) is 11.5 Å². The molecule has 4 rings (SSSR count). The van der Waals surface area contributed by atoms with Crippen molar-refractivity contribution in [3.05, 3.63) is 78.6 Å². The molecule has 3 aromatic rings. The molecule has 1 heterocycles. The maximum atomic E-state index is 6.34. The molecule has 1 saturated carbocycles. The third-order valence-electron chi connectivity index (χ3n) is 5.69. The van der Waals surface area contributed by atoms with E-state index in [4.69, 9.17) is 9.47 Å². The normalized spacial score (nSPS) is 13.9. The summed E-state index contributed by atoms with van der Waals surface area (Å²) in [7, 11) is 1.71. The van der Waals surface area contributed by atoms with Gasteiger partial charge in [0.2, 0.25) is 0 Å². The van der Waals surface area contributed by atoms with Gasteiger partial charge in [-0.05, 0) is 74.4 Å². The minimum absolute atomic E-state index is 0.296. The molecular formula is C26H30N2O2. The van der Waals surface area contributed by atoms with Gasteiger partial charge < -0.3 is 14.4 Å². The van der Waals surface area contributed by atoms with E-state index >= 15 is 0 Å². The zero-order chi connectivity index (χ0) is 20.6. The summed E-state index contributed by atoms with van der Waals surface area (Å²) in [5.74, 6) is 1.64. The Morgan fingerprint density at radius 1 is 0.933 bits per heavy atom. The Kier molecular flexibility index (Phi) is 6.86. The topological polar surface area (TPSA) is 34.6 Å². The molecule has 0 amide bonds. The number of pyridine rings is 1. The van der Waals surface area contributed by atoms with E-state index in [0.717, 1.165) is 49.4 Å². The first kappa shape index (κ1) is 20.3. The maximum Gasteiger partial charge on any atom is 0.163 e. The Morgan fingerprint density at radius 3 is 2.50 bits per heavy atom. The van der Waals surface area contributed by atoms with Crippen molar-refractivity contribution in [2.45, 2.75) is 44.6 Å². The summed E-state index contributed by atoms with van der Waals surface area (Å²) in [5, 5.41) is 0. The molecule has 0 radical (unpaired) electrons. The molecular weight excluding hydrogens is 372 g/mol. The van der Waals surface area contributed by atoms with Crippen LogP contribution in [-0.4, -0.2) is 24.7 Å². The number of hydrogen-bond acceptors (Lipinski definition) is 4. The van der Waals surface area contributed by atoms with Crippen molar-refractivity contribution >= 4 is 11.4 Å². The maximum absolute atomic E-state index is 6.34. The molecule has 1 fully saturated rings. The Balaban J connectivity index is 1.56. The van der Waals surface area contributed by atoms with Crippen LogP contribution in [0.1, 0.15) is 37.7 Å². The van der Waals surface area contributed by atoms with Gasteiger partial charge in [-0.3, -0.25) is 4.98 Å². The minimum Gasteiger partial charge on any atom is -0.493 e. The number of rotatable bonds is 9. The Labute approximate surface area is 179 Å². The molecule has 1 aliphatic carbocycles. The quantitative estimate of drug-likeness (QED) is 0.428. The van der Waals surface area contributed by atoms with Crippen LogP contribution in [0.25, 0.3) is 0 Å². The third-order valence-corrected chi connectivity index (χ3v) is 5.69. The molecule has 0 aliphatic heterocycles. The average Bonchev–Trinajstić information content (AvgIpc) is 3.31. The SMILES string of the molecule is COc1ccc(N(CCCc2cccnc2)c2ccccc2)cc1OC1CCCC1. The van der Waals surface area contributed by atoms with Crippen LogP contribution in [0, 0.1) is 0 Å². The molecule has 0 bridgehead atoms.